The maximum absolute atomic E-state index is 6.04. The first-order valence-electron chi connectivity index (χ1n) is 7.09. The Hall–Kier alpha value is -0.420. The molecule has 0 amide bonds. The monoisotopic (exact) mass is 253 g/mol. The van der Waals surface area contributed by atoms with E-state index in [0.717, 1.165) is 25.3 Å². The summed E-state index contributed by atoms with van der Waals surface area (Å²) in [5, 5.41) is 3.67. The van der Waals surface area contributed by atoms with E-state index >= 15 is 0 Å². The van der Waals surface area contributed by atoms with Gasteiger partial charge in [0.2, 0.25) is 0 Å². The number of nitrogens with two attached hydrogens (primary N) is 1. The van der Waals surface area contributed by atoms with Gasteiger partial charge in [-0.05, 0) is 32.7 Å². The highest BCUT2D eigenvalue weighted by Gasteiger charge is 2.47. The molecule has 2 unspecified atom stereocenters. The highest BCUT2D eigenvalue weighted by atomic mass is 16.5. The van der Waals surface area contributed by atoms with Crippen LogP contribution in [-0.4, -0.2) is 55.9 Å². The lowest BCUT2D eigenvalue weighted by Gasteiger charge is -2.35. The van der Waals surface area contributed by atoms with Gasteiger partial charge in [0.25, 0.3) is 0 Å². The first kappa shape index (κ1) is 14.0. The molecular weight excluding hydrogens is 226 g/mol. The van der Waals surface area contributed by atoms with Crippen molar-refractivity contribution in [1.82, 2.24) is 10.2 Å². The van der Waals surface area contributed by atoms with E-state index in [1.807, 2.05) is 6.92 Å². The summed E-state index contributed by atoms with van der Waals surface area (Å²) in [5.41, 5.74) is 7.25. The number of nitrogens with zero attached hydrogens (tertiary/aromatic N) is 1. The second kappa shape index (κ2) is 6.15. The molecule has 0 aliphatic carbocycles. The molecule has 3 N–H and O–H groups in total. The predicted molar refractivity (Wildman–Crippen MR) is 74.6 cm³/mol. The minimum Gasteiger partial charge on any atom is -0.376 e. The fourth-order valence-electron chi connectivity index (χ4n) is 3.36. The van der Waals surface area contributed by atoms with Gasteiger partial charge in [0.1, 0.15) is 0 Å². The lowest BCUT2D eigenvalue weighted by molar-refractivity contribution is 0.141. The van der Waals surface area contributed by atoms with Crippen LogP contribution in [0.5, 0.6) is 0 Å². The fourth-order valence-corrected chi connectivity index (χ4v) is 3.36. The quantitative estimate of drug-likeness (QED) is 0.519. The first-order valence-corrected chi connectivity index (χ1v) is 7.09. The van der Waals surface area contributed by atoms with Crippen LogP contribution in [0.1, 0.15) is 26.2 Å². The molecule has 2 fully saturated rings. The van der Waals surface area contributed by atoms with Crippen LogP contribution in [-0.2, 0) is 4.74 Å². The molecule has 2 atom stereocenters. The molecule has 104 valence electrons. The average molecular weight is 253 g/mol. The highest BCUT2D eigenvalue weighted by molar-refractivity contribution is 5.08. The molecule has 0 saturated carbocycles. The van der Waals surface area contributed by atoms with E-state index in [1.165, 1.54) is 32.4 Å². The van der Waals surface area contributed by atoms with Crippen molar-refractivity contribution in [2.75, 3.05) is 39.4 Å². The van der Waals surface area contributed by atoms with Crippen LogP contribution in [0.2, 0.25) is 0 Å². The minimum absolute atomic E-state index is 0.128. The summed E-state index contributed by atoms with van der Waals surface area (Å²) < 4.78 is 5.54. The van der Waals surface area contributed by atoms with E-state index in [2.05, 4.69) is 16.8 Å². The number of ether oxygens (including phenoxy) is 1. The van der Waals surface area contributed by atoms with E-state index in [-0.39, 0.29) is 5.54 Å². The molecule has 2 saturated heterocycles. The summed E-state index contributed by atoms with van der Waals surface area (Å²) in [6.07, 6.45) is 3.78. The van der Waals surface area contributed by atoms with Gasteiger partial charge in [-0.25, -0.2) is 0 Å². The van der Waals surface area contributed by atoms with Crippen molar-refractivity contribution in [2.24, 2.45) is 5.73 Å². The molecule has 2 rings (SSSR count). The van der Waals surface area contributed by atoms with Gasteiger partial charge in [-0.15, -0.1) is 0 Å². The highest BCUT2D eigenvalue weighted by Crippen LogP contribution is 2.35. The SMILES string of the molecule is C=C(C)COCCNC1(CN)CCN2CCCC21. The summed E-state index contributed by atoms with van der Waals surface area (Å²) in [6.45, 7) is 11.3. The maximum atomic E-state index is 6.04. The lowest BCUT2D eigenvalue weighted by Crippen LogP contribution is -2.58. The molecule has 0 spiro atoms. The third-order valence-electron chi connectivity index (χ3n) is 4.28. The molecule has 0 bridgehead atoms. The Balaban J connectivity index is 1.76. The van der Waals surface area contributed by atoms with Crippen molar-refractivity contribution in [3.05, 3.63) is 12.2 Å². The van der Waals surface area contributed by atoms with Crippen LogP contribution in [0.3, 0.4) is 0 Å². The largest absolute Gasteiger partial charge is 0.376 e. The lowest BCUT2D eigenvalue weighted by atomic mass is 9.88. The first-order chi connectivity index (χ1) is 8.68. The Morgan fingerprint density at radius 1 is 1.56 bits per heavy atom. The zero-order valence-electron chi connectivity index (χ0n) is 11.6. The smallest absolute Gasteiger partial charge is 0.0672 e. The number of hydrogen-bond donors (Lipinski definition) is 2. The molecule has 0 aromatic heterocycles. The van der Waals surface area contributed by atoms with Crippen LogP contribution in [0.4, 0.5) is 0 Å². The standard InChI is InChI=1S/C14H27N3O/c1-12(2)10-18-9-6-16-14(11-15)5-8-17-7-3-4-13(14)17/h13,16H,1,3-11,15H2,2H3. The molecule has 4 heteroatoms. The van der Waals surface area contributed by atoms with Gasteiger partial charge in [-0.1, -0.05) is 12.2 Å². The third-order valence-corrected chi connectivity index (χ3v) is 4.28. The van der Waals surface area contributed by atoms with E-state index in [1.54, 1.807) is 0 Å². The van der Waals surface area contributed by atoms with Crippen LogP contribution in [0.15, 0.2) is 12.2 Å². The van der Waals surface area contributed by atoms with Crippen molar-refractivity contribution in [3.63, 3.8) is 0 Å². The zero-order valence-corrected chi connectivity index (χ0v) is 11.6. The molecular formula is C14H27N3O. The van der Waals surface area contributed by atoms with E-state index in [4.69, 9.17) is 10.5 Å². The third kappa shape index (κ3) is 2.94. The van der Waals surface area contributed by atoms with Crippen LogP contribution in [0.25, 0.3) is 0 Å². The van der Waals surface area contributed by atoms with Crippen LogP contribution in [0, 0.1) is 0 Å². The minimum atomic E-state index is 0.128. The number of rotatable bonds is 7. The summed E-state index contributed by atoms with van der Waals surface area (Å²) >= 11 is 0. The number of hydrogen-bond acceptors (Lipinski definition) is 4. The number of fused-ring (bicyclic) bond motifs is 1. The molecule has 0 radical (unpaired) electrons. The van der Waals surface area contributed by atoms with Gasteiger partial charge < -0.3 is 15.8 Å². The van der Waals surface area contributed by atoms with Gasteiger partial charge in [0.15, 0.2) is 0 Å². The van der Waals surface area contributed by atoms with Gasteiger partial charge in [0, 0.05) is 31.2 Å². The fraction of sp³-hybridized carbons (Fsp3) is 0.857. The Kier molecular flexibility index (Phi) is 4.78. The second-order valence-electron chi connectivity index (χ2n) is 5.74. The van der Waals surface area contributed by atoms with Crippen molar-refractivity contribution in [2.45, 2.75) is 37.8 Å². The average Bonchev–Trinajstić information content (AvgIpc) is 2.92. The molecule has 18 heavy (non-hydrogen) atoms. The summed E-state index contributed by atoms with van der Waals surface area (Å²) in [5.74, 6) is 0. The summed E-state index contributed by atoms with van der Waals surface area (Å²) in [7, 11) is 0. The maximum Gasteiger partial charge on any atom is 0.0672 e. The molecule has 4 nitrogen and oxygen atoms in total. The van der Waals surface area contributed by atoms with Gasteiger partial charge in [-0.3, -0.25) is 4.90 Å². The van der Waals surface area contributed by atoms with Gasteiger partial charge in [0.05, 0.1) is 13.2 Å². The van der Waals surface area contributed by atoms with Crippen molar-refractivity contribution in [1.29, 1.82) is 0 Å². The summed E-state index contributed by atoms with van der Waals surface area (Å²) in [6, 6.07) is 0.642. The van der Waals surface area contributed by atoms with Crippen molar-refractivity contribution < 1.29 is 4.74 Å². The van der Waals surface area contributed by atoms with Crippen LogP contribution >= 0.6 is 0 Å². The summed E-state index contributed by atoms with van der Waals surface area (Å²) in [4.78, 5) is 2.59. The normalized spacial score (nSPS) is 31.8. The Bertz CT molecular complexity index is 295. The van der Waals surface area contributed by atoms with E-state index < -0.39 is 0 Å². The predicted octanol–water partition coefficient (Wildman–Crippen LogP) is 0.734. The zero-order chi connectivity index (χ0) is 13.0. The second-order valence-corrected chi connectivity index (χ2v) is 5.74. The molecule has 2 aliphatic heterocycles. The molecule has 0 aromatic carbocycles. The van der Waals surface area contributed by atoms with E-state index in [9.17, 15) is 0 Å². The molecule has 2 heterocycles. The Morgan fingerprint density at radius 3 is 3.11 bits per heavy atom. The van der Waals surface area contributed by atoms with Crippen molar-refractivity contribution in [3.8, 4) is 0 Å². The number of nitrogens with one attached hydrogen (secondary N) is 1. The van der Waals surface area contributed by atoms with Crippen molar-refractivity contribution >= 4 is 0 Å². The Labute approximate surface area is 111 Å². The molecule has 2 aliphatic rings. The molecule has 0 aromatic rings. The Morgan fingerprint density at radius 2 is 2.39 bits per heavy atom. The van der Waals surface area contributed by atoms with Gasteiger partial charge in [-0.2, -0.15) is 0 Å². The van der Waals surface area contributed by atoms with Gasteiger partial charge >= 0.3 is 0 Å². The van der Waals surface area contributed by atoms with E-state index in [0.29, 0.717) is 12.6 Å². The van der Waals surface area contributed by atoms with Crippen LogP contribution < -0.4 is 11.1 Å². The topological polar surface area (TPSA) is 50.5 Å².